The zero-order valence-corrected chi connectivity index (χ0v) is 9.29. The SMILES string of the molecule is CC=CNC1CCCC(NC=CC)C1. The first-order chi connectivity index (χ1) is 6.86. The predicted molar refractivity (Wildman–Crippen MR) is 61.9 cm³/mol. The second kappa shape index (κ2) is 6.52. The summed E-state index contributed by atoms with van der Waals surface area (Å²) in [6, 6.07) is 1.31. The Morgan fingerprint density at radius 2 is 1.43 bits per heavy atom. The van der Waals surface area contributed by atoms with Gasteiger partial charge in [-0.2, -0.15) is 0 Å². The average molecular weight is 194 g/mol. The maximum absolute atomic E-state index is 3.43. The first kappa shape index (κ1) is 11.2. The van der Waals surface area contributed by atoms with Gasteiger partial charge in [0.2, 0.25) is 0 Å². The normalized spacial score (nSPS) is 28.4. The van der Waals surface area contributed by atoms with Crippen LogP contribution in [0.2, 0.25) is 0 Å². The molecule has 2 nitrogen and oxygen atoms in total. The first-order valence-corrected chi connectivity index (χ1v) is 5.61. The summed E-state index contributed by atoms with van der Waals surface area (Å²) in [6.07, 6.45) is 13.4. The average Bonchev–Trinajstić information content (AvgIpc) is 2.24. The van der Waals surface area contributed by atoms with Gasteiger partial charge in [0.25, 0.3) is 0 Å². The lowest BCUT2D eigenvalue weighted by atomic mass is 9.91. The van der Waals surface area contributed by atoms with Crippen molar-refractivity contribution >= 4 is 0 Å². The lowest BCUT2D eigenvalue weighted by Gasteiger charge is -2.29. The van der Waals surface area contributed by atoms with Crippen LogP contribution < -0.4 is 10.6 Å². The molecule has 1 aliphatic carbocycles. The van der Waals surface area contributed by atoms with Gasteiger partial charge >= 0.3 is 0 Å². The molecule has 2 unspecified atom stereocenters. The molecule has 0 aromatic carbocycles. The zero-order valence-electron chi connectivity index (χ0n) is 9.29. The molecule has 2 heteroatoms. The molecule has 1 aliphatic rings. The second-order valence-corrected chi connectivity index (χ2v) is 3.89. The smallest absolute Gasteiger partial charge is 0.0275 e. The number of allylic oxidation sites excluding steroid dienone is 2. The Kier molecular flexibility index (Phi) is 5.20. The van der Waals surface area contributed by atoms with Crippen LogP contribution in [-0.2, 0) is 0 Å². The molecule has 2 atom stereocenters. The number of nitrogens with one attached hydrogen (secondary N) is 2. The van der Waals surface area contributed by atoms with Gasteiger partial charge in [0, 0.05) is 12.1 Å². The van der Waals surface area contributed by atoms with Crippen molar-refractivity contribution in [2.45, 2.75) is 51.6 Å². The molecule has 0 aromatic rings. The molecular formula is C12H22N2. The van der Waals surface area contributed by atoms with Gasteiger partial charge in [-0.15, -0.1) is 0 Å². The summed E-state index contributed by atoms with van der Waals surface area (Å²) in [5, 5.41) is 6.87. The molecular weight excluding hydrogens is 172 g/mol. The van der Waals surface area contributed by atoms with Crippen molar-refractivity contribution in [2.75, 3.05) is 0 Å². The van der Waals surface area contributed by atoms with Crippen molar-refractivity contribution in [1.82, 2.24) is 10.6 Å². The Hall–Kier alpha value is -0.920. The summed E-state index contributed by atoms with van der Waals surface area (Å²) in [7, 11) is 0. The van der Waals surface area contributed by atoms with Crippen LogP contribution >= 0.6 is 0 Å². The van der Waals surface area contributed by atoms with E-state index in [-0.39, 0.29) is 0 Å². The fraction of sp³-hybridized carbons (Fsp3) is 0.667. The van der Waals surface area contributed by atoms with Crippen molar-refractivity contribution in [1.29, 1.82) is 0 Å². The molecule has 0 bridgehead atoms. The highest BCUT2D eigenvalue weighted by molar-refractivity contribution is 4.89. The van der Waals surface area contributed by atoms with Gasteiger partial charge in [0.15, 0.2) is 0 Å². The van der Waals surface area contributed by atoms with Crippen LogP contribution in [0.3, 0.4) is 0 Å². The largest absolute Gasteiger partial charge is 0.388 e. The van der Waals surface area contributed by atoms with Crippen molar-refractivity contribution in [2.24, 2.45) is 0 Å². The Balaban J connectivity index is 2.28. The summed E-state index contributed by atoms with van der Waals surface area (Å²) in [6.45, 7) is 4.09. The third-order valence-electron chi connectivity index (χ3n) is 2.67. The fourth-order valence-corrected chi connectivity index (χ4v) is 1.96. The molecule has 2 N–H and O–H groups in total. The van der Waals surface area contributed by atoms with E-state index in [1.807, 2.05) is 13.8 Å². The number of rotatable bonds is 4. The van der Waals surface area contributed by atoms with Gasteiger partial charge in [-0.25, -0.2) is 0 Å². The van der Waals surface area contributed by atoms with E-state index in [1.165, 1.54) is 25.7 Å². The van der Waals surface area contributed by atoms with Crippen LogP contribution in [0.4, 0.5) is 0 Å². The van der Waals surface area contributed by atoms with Crippen LogP contribution in [-0.4, -0.2) is 12.1 Å². The van der Waals surface area contributed by atoms with Gasteiger partial charge in [0.1, 0.15) is 0 Å². The maximum atomic E-state index is 3.43. The van der Waals surface area contributed by atoms with Crippen LogP contribution in [0, 0.1) is 0 Å². The van der Waals surface area contributed by atoms with Crippen LogP contribution in [0.5, 0.6) is 0 Å². The number of hydrogen-bond acceptors (Lipinski definition) is 2. The summed E-state index contributed by atoms with van der Waals surface area (Å²) in [5.74, 6) is 0. The van der Waals surface area contributed by atoms with E-state index in [1.54, 1.807) is 0 Å². The third-order valence-corrected chi connectivity index (χ3v) is 2.67. The molecule has 0 radical (unpaired) electrons. The molecule has 0 amide bonds. The second-order valence-electron chi connectivity index (χ2n) is 3.89. The predicted octanol–water partition coefficient (Wildman–Crippen LogP) is 2.54. The van der Waals surface area contributed by atoms with Crippen LogP contribution in [0.15, 0.2) is 24.6 Å². The van der Waals surface area contributed by atoms with E-state index in [0.717, 1.165) is 0 Å². The lowest BCUT2D eigenvalue weighted by Crippen LogP contribution is -2.38. The van der Waals surface area contributed by atoms with Crippen molar-refractivity contribution < 1.29 is 0 Å². The maximum Gasteiger partial charge on any atom is 0.0275 e. The van der Waals surface area contributed by atoms with Crippen LogP contribution in [0.1, 0.15) is 39.5 Å². The van der Waals surface area contributed by atoms with E-state index in [9.17, 15) is 0 Å². The molecule has 80 valence electrons. The summed E-state index contributed by atoms with van der Waals surface area (Å²) < 4.78 is 0. The molecule has 1 rings (SSSR count). The first-order valence-electron chi connectivity index (χ1n) is 5.61. The van der Waals surface area contributed by atoms with Crippen LogP contribution in [0.25, 0.3) is 0 Å². The highest BCUT2D eigenvalue weighted by atomic mass is 14.9. The number of hydrogen-bond donors (Lipinski definition) is 2. The summed E-state index contributed by atoms with van der Waals surface area (Å²) >= 11 is 0. The van der Waals surface area contributed by atoms with E-state index in [2.05, 4.69) is 35.2 Å². The molecule has 0 saturated heterocycles. The molecule has 0 aliphatic heterocycles. The molecule has 0 heterocycles. The topological polar surface area (TPSA) is 24.1 Å². The van der Waals surface area contributed by atoms with Crippen molar-refractivity contribution in [3.8, 4) is 0 Å². The van der Waals surface area contributed by atoms with E-state index in [0.29, 0.717) is 12.1 Å². The van der Waals surface area contributed by atoms with Gasteiger partial charge in [-0.3, -0.25) is 0 Å². The molecule has 1 saturated carbocycles. The highest BCUT2D eigenvalue weighted by Crippen LogP contribution is 2.18. The van der Waals surface area contributed by atoms with Gasteiger partial charge in [-0.1, -0.05) is 12.2 Å². The molecule has 0 spiro atoms. The minimum Gasteiger partial charge on any atom is -0.388 e. The lowest BCUT2D eigenvalue weighted by molar-refractivity contribution is 0.338. The minimum absolute atomic E-state index is 0.655. The highest BCUT2D eigenvalue weighted by Gasteiger charge is 2.19. The summed E-state index contributed by atoms with van der Waals surface area (Å²) in [4.78, 5) is 0. The van der Waals surface area contributed by atoms with Crippen molar-refractivity contribution in [3.63, 3.8) is 0 Å². The van der Waals surface area contributed by atoms with E-state index >= 15 is 0 Å². The monoisotopic (exact) mass is 194 g/mol. The Morgan fingerprint density at radius 1 is 0.929 bits per heavy atom. The van der Waals surface area contributed by atoms with Gasteiger partial charge in [0.05, 0.1) is 0 Å². The van der Waals surface area contributed by atoms with E-state index < -0.39 is 0 Å². The molecule has 0 aromatic heterocycles. The minimum atomic E-state index is 0.655. The van der Waals surface area contributed by atoms with Gasteiger partial charge < -0.3 is 10.6 Å². The zero-order chi connectivity index (χ0) is 10.2. The summed E-state index contributed by atoms with van der Waals surface area (Å²) in [5.41, 5.74) is 0. The Bertz CT molecular complexity index is 176. The van der Waals surface area contributed by atoms with E-state index in [4.69, 9.17) is 0 Å². The molecule has 14 heavy (non-hydrogen) atoms. The standard InChI is InChI=1S/C12H22N2/c1-3-8-13-11-6-5-7-12(10-11)14-9-4-2/h3-4,8-9,11-14H,5-7,10H2,1-2H3. The third kappa shape index (κ3) is 3.86. The van der Waals surface area contributed by atoms with Crippen molar-refractivity contribution in [3.05, 3.63) is 24.6 Å². The Labute approximate surface area is 87.5 Å². The Morgan fingerprint density at radius 3 is 1.86 bits per heavy atom. The molecule has 1 fully saturated rings. The quantitative estimate of drug-likeness (QED) is 0.718. The fourth-order valence-electron chi connectivity index (χ4n) is 1.96. The van der Waals surface area contributed by atoms with Gasteiger partial charge in [-0.05, 0) is 51.9 Å².